The van der Waals surface area contributed by atoms with Crippen molar-refractivity contribution in [2.24, 2.45) is 5.10 Å². The van der Waals surface area contributed by atoms with Crippen molar-refractivity contribution in [2.45, 2.75) is 45.1 Å². The molecule has 0 unspecified atom stereocenters. The summed E-state index contributed by atoms with van der Waals surface area (Å²) in [6.45, 7) is 18.9. The largest absolute Gasteiger partial charge is 0.444 e. The summed E-state index contributed by atoms with van der Waals surface area (Å²) in [7, 11) is -4.00. The van der Waals surface area contributed by atoms with E-state index in [1.54, 1.807) is 76.2 Å². The molecule has 1 aromatic heterocycles. The van der Waals surface area contributed by atoms with Gasteiger partial charge in [0.1, 0.15) is 23.0 Å². The maximum atomic E-state index is 13.0. The number of anilines is 1. The number of carbonyl (C=O) groups is 1. The quantitative estimate of drug-likeness (QED) is 0.113. The molecule has 2 N–H and O–H groups in total. The molecule has 0 spiro atoms. The monoisotopic (exact) mass is 697 g/mol. The second-order valence-electron chi connectivity index (χ2n) is 12.5. The van der Waals surface area contributed by atoms with Crippen molar-refractivity contribution >= 4 is 33.3 Å². The van der Waals surface area contributed by atoms with Crippen LogP contribution in [-0.2, 0) is 19.5 Å². The number of carbonyl (C=O) groups excluding carboxylic acids is 1. The lowest BCUT2D eigenvalue weighted by atomic mass is 10.0. The van der Waals surface area contributed by atoms with Crippen LogP contribution in [0.4, 0.5) is 16.3 Å². The maximum absolute atomic E-state index is 13.0. The van der Waals surface area contributed by atoms with Crippen LogP contribution >= 0.6 is 0 Å². The molecule has 0 aliphatic carbocycles. The Kier molecular flexibility index (Phi) is 11.0. The normalized spacial score (nSPS) is 13.7. The lowest BCUT2D eigenvalue weighted by Gasteiger charge is -2.28. The number of hydrogen-bond acceptors (Lipinski definition) is 10. The molecule has 0 saturated carbocycles. The van der Waals surface area contributed by atoms with Crippen molar-refractivity contribution in [1.82, 2.24) is 20.1 Å². The van der Waals surface area contributed by atoms with Crippen LogP contribution in [-0.4, -0.2) is 68.6 Å². The second kappa shape index (κ2) is 15.4. The Bertz CT molecular complexity index is 2010. The first-order valence-corrected chi connectivity index (χ1v) is 17.4. The number of aryl methyl sites for hydroxylation is 2. The van der Waals surface area contributed by atoms with Crippen LogP contribution in [0.3, 0.4) is 0 Å². The van der Waals surface area contributed by atoms with Gasteiger partial charge >= 0.3 is 6.09 Å². The highest BCUT2D eigenvalue weighted by atomic mass is 32.2. The Morgan fingerprint density at radius 2 is 1.70 bits per heavy atom. The smallest absolute Gasteiger partial charge is 0.407 e. The third kappa shape index (κ3) is 9.55. The minimum atomic E-state index is -4.00. The summed E-state index contributed by atoms with van der Waals surface area (Å²) in [5.74, 6) is 2.03. The number of aromatic nitrogens is 2. The van der Waals surface area contributed by atoms with Gasteiger partial charge < -0.3 is 24.4 Å². The van der Waals surface area contributed by atoms with Crippen LogP contribution in [0.2, 0.25) is 0 Å². The summed E-state index contributed by atoms with van der Waals surface area (Å²) >= 11 is 0. The lowest BCUT2D eigenvalue weighted by molar-refractivity contribution is 0.0536. The van der Waals surface area contributed by atoms with Gasteiger partial charge in [0.15, 0.2) is 5.69 Å². The van der Waals surface area contributed by atoms with Gasteiger partial charge in [-0.05, 0) is 63.9 Å². The van der Waals surface area contributed by atoms with E-state index >= 15 is 0 Å². The topological polar surface area (TPSA) is 149 Å². The van der Waals surface area contributed by atoms with E-state index in [9.17, 15) is 13.2 Å². The minimum Gasteiger partial charge on any atom is -0.444 e. The van der Waals surface area contributed by atoms with E-state index in [-0.39, 0.29) is 17.2 Å². The molecule has 1 saturated heterocycles. The molecule has 0 bridgehead atoms. The Morgan fingerprint density at radius 3 is 2.36 bits per heavy atom. The zero-order chi connectivity index (χ0) is 35.9. The highest BCUT2D eigenvalue weighted by molar-refractivity contribution is 7.89. The Hall–Kier alpha value is -5.52. The predicted molar refractivity (Wildman–Crippen MR) is 190 cm³/mol. The molecule has 0 atom stereocenters. The molecule has 5 rings (SSSR count). The van der Waals surface area contributed by atoms with E-state index in [4.69, 9.17) is 20.8 Å². The number of rotatable bonds is 10. The van der Waals surface area contributed by atoms with Gasteiger partial charge in [0, 0.05) is 24.7 Å². The van der Waals surface area contributed by atoms with Crippen molar-refractivity contribution in [3.63, 3.8) is 0 Å². The summed E-state index contributed by atoms with van der Waals surface area (Å²) in [4.78, 5) is 29.6. The number of hydrogen-bond donors (Lipinski definition) is 2. The summed E-state index contributed by atoms with van der Waals surface area (Å²) in [5.41, 5.74) is 2.80. The van der Waals surface area contributed by atoms with Crippen molar-refractivity contribution in [1.29, 1.82) is 0 Å². The molecule has 1 amide bonds. The van der Waals surface area contributed by atoms with Crippen LogP contribution in [0.25, 0.3) is 16.0 Å². The van der Waals surface area contributed by atoms with Crippen LogP contribution < -0.4 is 19.8 Å². The van der Waals surface area contributed by atoms with Crippen molar-refractivity contribution in [3.05, 3.63) is 101 Å². The van der Waals surface area contributed by atoms with E-state index in [1.807, 2.05) is 19.1 Å². The molecule has 4 aromatic rings. The lowest BCUT2D eigenvalue weighted by Crippen LogP contribution is -2.36. The highest BCUT2D eigenvalue weighted by Gasteiger charge is 2.20. The van der Waals surface area contributed by atoms with Crippen LogP contribution in [0.5, 0.6) is 11.6 Å². The number of benzene rings is 3. The Morgan fingerprint density at radius 1 is 1.00 bits per heavy atom. The van der Waals surface area contributed by atoms with Crippen molar-refractivity contribution < 1.29 is 27.4 Å². The number of sulfonamides is 1. The molecule has 2 heterocycles. The van der Waals surface area contributed by atoms with E-state index < -0.39 is 21.7 Å². The van der Waals surface area contributed by atoms with E-state index in [2.05, 4.69) is 35.0 Å². The van der Waals surface area contributed by atoms with Gasteiger partial charge in [-0.25, -0.2) is 14.6 Å². The van der Waals surface area contributed by atoms with Gasteiger partial charge in [-0.2, -0.15) is 23.3 Å². The standard InChI is InChI=1S/C36H39N7O6S/c1-24-7-14-29(15-8-24)50(45,46)42-41-31(23-38-35(44)49-36(3,4)5)27-11-9-26(10-12-27)30-16-13-28(37-6)21-32(30)48-34-22-33(39-25(2)40-34)43-17-19-47-20-18-43/h7-16,21-22,42H,17-20,23H2,1-5H3,(H,38,44)/b41-31-. The summed E-state index contributed by atoms with van der Waals surface area (Å²) < 4.78 is 43.2. The minimum absolute atomic E-state index is 0.0491. The number of morpholine rings is 1. The number of nitrogens with zero attached hydrogens (tertiary/aromatic N) is 5. The van der Waals surface area contributed by atoms with E-state index in [0.29, 0.717) is 60.6 Å². The van der Waals surface area contributed by atoms with Gasteiger partial charge in [0.05, 0.1) is 36.9 Å². The zero-order valence-electron chi connectivity index (χ0n) is 28.6. The first kappa shape index (κ1) is 35.8. The molecule has 13 nitrogen and oxygen atoms in total. The van der Waals surface area contributed by atoms with Crippen LogP contribution in [0.15, 0.2) is 82.8 Å². The summed E-state index contributed by atoms with van der Waals surface area (Å²) in [5, 5.41) is 6.86. The average Bonchev–Trinajstić information content (AvgIpc) is 3.08. The number of hydrazone groups is 1. The predicted octanol–water partition coefficient (Wildman–Crippen LogP) is 6.15. The number of alkyl carbamates (subject to hydrolysis) is 1. The van der Waals surface area contributed by atoms with Crippen molar-refractivity contribution in [2.75, 3.05) is 37.7 Å². The fourth-order valence-corrected chi connectivity index (χ4v) is 5.78. The Balaban J connectivity index is 1.44. The number of amides is 1. The third-order valence-electron chi connectivity index (χ3n) is 7.41. The average molecular weight is 698 g/mol. The van der Waals surface area contributed by atoms with E-state index in [0.717, 1.165) is 16.9 Å². The molecule has 0 radical (unpaired) electrons. The third-order valence-corrected chi connectivity index (χ3v) is 8.63. The fraction of sp³-hybridized carbons (Fsp3) is 0.306. The van der Waals surface area contributed by atoms with E-state index in [1.165, 1.54) is 12.1 Å². The molecule has 3 aromatic carbocycles. The van der Waals surface area contributed by atoms with Gasteiger partial charge in [0.25, 0.3) is 10.0 Å². The fourth-order valence-electron chi connectivity index (χ4n) is 4.95. The SMILES string of the molecule is [C-]#[N+]c1ccc(-c2ccc(/C(CNC(=O)OC(C)(C)C)=N\NS(=O)(=O)c3ccc(C)cc3)cc2)c(Oc2cc(N3CCOCC3)nc(C)n2)c1. The van der Waals surface area contributed by atoms with Crippen LogP contribution in [0.1, 0.15) is 37.7 Å². The first-order valence-electron chi connectivity index (χ1n) is 15.9. The molecule has 50 heavy (non-hydrogen) atoms. The highest BCUT2D eigenvalue weighted by Crippen LogP contribution is 2.37. The first-order chi connectivity index (χ1) is 23.8. The summed E-state index contributed by atoms with van der Waals surface area (Å²) in [6.07, 6.45) is -0.679. The zero-order valence-corrected chi connectivity index (χ0v) is 29.4. The molecular formula is C36H39N7O6S. The van der Waals surface area contributed by atoms with Gasteiger partial charge in [-0.15, -0.1) is 0 Å². The number of nitrogens with one attached hydrogen (secondary N) is 2. The molecule has 1 aliphatic rings. The number of ether oxygens (including phenoxy) is 3. The molecular weight excluding hydrogens is 659 g/mol. The molecule has 1 aliphatic heterocycles. The van der Waals surface area contributed by atoms with Crippen LogP contribution in [0, 0.1) is 20.4 Å². The molecule has 1 fully saturated rings. The molecule has 260 valence electrons. The maximum Gasteiger partial charge on any atom is 0.407 e. The van der Waals surface area contributed by atoms with Gasteiger partial charge in [0.2, 0.25) is 5.88 Å². The van der Waals surface area contributed by atoms with Gasteiger partial charge in [-0.1, -0.05) is 54.1 Å². The van der Waals surface area contributed by atoms with Crippen molar-refractivity contribution in [3.8, 4) is 22.8 Å². The molecule has 14 heteroatoms. The van der Waals surface area contributed by atoms with Gasteiger partial charge in [-0.3, -0.25) is 0 Å². The second-order valence-corrected chi connectivity index (χ2v) is 14.2. The summed E-state index contributed by atoms with van der Waals surface area (Å²) in [6, 6.07) is 20.4. The Labute approximate surface area is 292 Å².